The Morgan fingerprint density at radius 2 is 1.81 bits per heavy atom. The number of nitrogens with zero attached hydrogens (tertiary/aromatic N) is 6. The van der Waals surface area contributed by atoms with Gasteiger partial charge in [0.15, 0.2) is 11.5 Å². The third-order valence-corrected chi connectivity index (χ3v) is 7.11. The molecule has 2 fully saturated rings. The van der Waals surface area contributed by atoms with Crippen molar-refractivity contribution in [1.29, 1.82) is 0 Å². The van der Waals surface area contributed by atoms with E-state index in [-0.39, 0.29) is 17.9 Å². The van der Waals surface area contributed by atoms with Gasteiger partial charge in [-0.1, -0.05) is 6.58 Å². The molecule has 1 aromatic carbocycles. The molecule has 0 saturated carbocycles. The Morgan fingerprint density at radius 3 is 2.54 bits per heavy atom. The highest BCUT2D eigenvalue weighted by atomic mass is 16.5. The number of amides is 2. The third kappa shape index (κ3) is 4.31. The van der Waals surface area contributed by atoms with Crippen molar-refractivity contribution in [2.24, 2.45) is 0 Å². The van der Waals surface area contributed by atoms with Crippen molar-refractivity contribution >= 4 is 45.4 Å². The summed E-state index contributed by atoms with van der Waals surface area (Å²) >= 11 is 0. The zero-order valence-electron chi connectivity index (χ0n) is 20.4. The maximum absolute atomic E-state index is 12.8. The lowest BCUT2D eigenvalue weighted by Gasteiger charge is -2.32. The van der Waals surface area contributed by atoms with Crippen molar-refractivity contribution < 1.29 is 14.3 Å². The fourth-order valence-electron chi connectivity index (χ4n) is 5.09. The smallest absolute Gasteiger partial charge is 0.254 e. The van der Waals surface area contributed by atoms with Gasteiger partial charge in [-0.05, 0) is 43.2 Å². The maximum Gasteiger partial charge on any atom is 0.254 e. The number of carbonyl (C=O) groups excluding carboxylic acids is 2. The second kappa shape index (κ2) is 9.66. The molecule has 0 spiro atoms. The summed E-state index contributed by atoms with van der Waals surface area (Å²) in [5.41, 5.74) is 2.95. The zero-order chi connectivity index (χ0) is 25.4. The van der Waals surface area contributed by atoms with E-state index >= 15 is 0 Å². The van der Waals surface area contributed by atoms with Gasteiger partial charge in [0, 0.05) is 43.6 Å². The van der Waals surface area contributed by atoms with Crippen LogP contribution in [0.1, 0.15) is 29.2 Å². The Morgan fingerprint density at radius 1 is 1.05 bits per heavy atom. The molecular formula is C26H28N8O3. The second-order valence-corrected chi connectivity index (χ2v) is 9.28. The Hall–Kier alpha value is -4.25. The molecule has 3 aromatic heterocycles. The molecule has 37 heavy (non-hydrogen) atoms. The average molecular weight is 501 g/mol. The molecule has 0 unspecified atom stereocenters. The summed E-state index contributed by atoms with van der Waals surface area (Å²) in [7, 11) is 0. The van der Waals surface area contributed by atoms with Crippen LogP contribution in [0.5, 0.6) is 0 Å². The van der Waals surface area contributed by atoms with E-state index in [4.69, 9.17) is 9.84 Å². The zero-order valence-corrected chi connectivity index (χ0v) is 20.4. The molecule has 0 bridgehead atoms. The minimum absolute atomic E-state index is 0.00907. The number of H-pyrrole nitrogens is 1. The van der Waals surface area contributed by atoms with E-state index in [0.717, 1.165) is 40.6 Å². The van der Waals surface area contributed by atoms with E-state index in [9.17, 15) is 9.59 Å². The van der Waals surface area contributed by atoms with Crippen molar-refractivity contribution in [3.8, 4) is 0 Å². The molecule has 0 radical (unpaired) electrons. The SMILES string of the molecule is C=CC(=O)N1CCC(n2nc(Nc3ccc(C(=O)N4CCOCC4)cc3)c3cnc4[nH]cnc2c43)CC1. The number of rotatable bonds is 5. The van der Waals surface area contributed by atoms with Crippen molar-refractivity contribution in [1.82, 2.24) is 34.5 Å². The molecule has 2 saturated heterocycles. The van der Waals surface area contributed by atoms with E-state index in [0.29, 0.717) is 50.8 Å². The third-order valence-electron chi connectivity index (χ3n) is 7.11. The standard InChI is InChI=1S/C26H28N8O3/c1-2-21(35)32-9-7-19(8-10-32)34-25-22-20(15-27-24(22)28-16-29-25)23(31-34)30-18-5-3-17(4-6-18)26(36)33-11-13-37-14-12-33/h2-6,15-16,19H,1,7-14H2,(H,30,31)(H,27,28,29). The number of likely N-dealkylation sites (tertiary alicyclic amines) is 1. The van der Waals surface area contributed by atoms with Gasteiger partial charge in [0.25, 0.3) is 5.91 Å². The molecule has 2 aliphatic heterocycles. The number of aromatic nitrogens is 5. The number of morpholine rings is 1. The number of aromatic amines is 1. The highest BCUT2D eigenvalue weighted by Crippen LogP contribution is 2.33. The van der Waals surface area contributed by atoms with Crippen LogP contribution in [0.4, 0.5) is 11.5 Å². The van der Waals surface area contributed by atoms with E-state index in [2.05, 4.69) is 26.8 Å². The number of ether oxygens (including phenoxy) is 1. The maximum atomic E-state index is 12.8. The fraction of sp³-hybridized carbons (Fsp3) is 0.346. The number of piperidine rings is 1. The van der Waals surface area contributed by atoms with E-state index < -0.39 is 0 Å². The molecule has 0 aliphatic carbocycles. The second-order valence-electron chi connectivity index (χ2n) is 9.28. The molecule has 2 amide bonds. The van der Waals surface area contributed by atoms with Crippen molar-refractivity contribution in [2.75, 3.05) is 44.7 Å². The quantitative estimate of drug-likeness (QED) is 0.404. The van der Waals surface area contributed by atoms with Crippen LogP contribution in [0.3, 0.4) is 0 Å². The summed E-state index contributed by atoms with van der Waals surface area (Å²) in [6.45, 7) is 7.23. The Labute approximate surface area is 213 Å². The first-order valence-electron chi connectivity index (χ1n) is 12.5. The lowest BCUT2D eigenvalue weighted by Crippen LogP contribution is -2.40. The van der Waals surface area contributed by atoms with Crippen molar-refractivity contribution in [2.45, 2.75) is 18.9 Å². The van der Waals surface area contributed by atoms with Crippen LogP contribution in [0.15, 0.2) is 49.4 Å². The number of nitrogens with one attached hydrogen (secondary N) is 2. The van der Waals surface area contributed by atoms with Crippen molar-refractivity contribution in [3.05, 3.63) is 55.0 Å². The molecule has 0 atom stereocenters. The summed E-state index contributed by atoms with van der Waals surface area (Å²) in [5.74, 6) is 0.624. The summed E-state index contributed by atoms with van der Waals surface area (Å²) < 4.78 is 7.31. The van der Waals surface area contributed by atoms with E-state index in [1.165, 1.54) is 6.08 Å². The molecule has 5 heterocycles. The summed E-state index contributed by atoms with van der Waals surface area (Å²) in [5, 5.41) is 10.2. The minimum atomic E-state index is -0.0455. The Balaban J connectivity index is 1.29. The lowest BCUT2D eigenvalue weighted by atomic mass is 10.0. The number of hydrogen-bond donors (Lipinski definition) is 2. The van der Waals surface area contributed by atoms with Gasteiger partial charge in [-0.2, -0.15) is 5.10 Å². The normalized spacial score (nSPS) is 16.9. The van der Waals surface area contributed by atoms with Gasteiger partial charge < -0.3 is 24.8 Å². The van der Waals surface area contributed by atoms with Gasteiger partial charge in [-0.3, -0.25) is 9.59 Å². The van der Waals surface area contributed by atoms with E-state index in [1.807, 2.05) is 38.7 Å². The van der Waals surface area contributed by atoms with Crippen LogP contribution < -0.4 is 5.32 Å². The summed E-state index contributed by atoms with van der Waals surface area (Å²) in [6, 6.07) is 7.52. The van der Waals surface area contributed by atoms with Gasteiger partial charge in [0.1, 0.15) is 5.65 Å². The summed E-state index contributed by atoms with van der Waals surface area (Å²) in [4.78, 5) is 40.7. The average Bonchev–Trinajstić information content (AvgIpc) is 3.40. The first-order chi connectivity index (χ1) is 18.1. The number of anilines is 2. The highest BCUT2D eigenvalue weighted by Gasteiger charge is 2.26. The topological polar surface area (TPSA) is 121 Å². The first-order valence-corrected chi connectivity index (χ1v) is 12.5. The molecule has 2 aliphatic rings. The molecule has 11 nitrogen and oxygen atoms in total. The minimum Gasteiger partial charge on any atom is -0.378 e. The Bertz CT molecular complexity index is 1460. The van der Waals surface area contributed by atoms with Gasteiger partial charge in [0.05, 0.1) is 36.4 Å². The van der Waals surface area contributed by atoms with Gasteiger partial charge >= 0.3 is 0 Å². The fourth-order valence-corrected chi connectivity index (χ4v) is 5.09. The number of hydrogen-bond acceptors (Lipinski definition) is 7. The highest BCUT2D eigenvalue weighted by molar-refractivity contribution is 6.09. The van der Waals surface area contributed by atoms with Gasteiger partial charge in [-0.15, -0.1) is 0 Å². The van der Waals surface area contributed by atoms with Crippen LogP contribution in [0, 0.1) is 0 Å². The van der Waals surface area contributed by atoms with Crippen LogP contribution in [0.25, 0.3) is 22.1 Å². The molecule has 4 aromatic rings. The largest absolute Gasteiger partial charge is 0.378 e. The van der Waals surface area contributed by atoms with Crippen LogP contribution in [-0.2, 0) is 9.53 Å². The van der Waals surface area contributed by atoms with Crippen LogP contribution in [0.2, 0.25) is 0 Å². The lowest BCUT2D eigenvalue weighted by molar-refractivity contribution is -0.127. The molecule has 190 valence electrons. The summed E-state index contributed by atoms with van der Waals surface area (Å²) in [6.07, 6.45) is 6.31. The van der Waals surface area contributed by atoms with Crippen LogP contribution >= 0.6 is 0 Å². The molecular weight excluding hydrogens is 472 g/mol. The number of benzene rings is 1. The predicted octanol–water partition coefficient (Wildman–Crippen LogP) is 2.87. The van der Waals surface area contributed by atoms with Crippen LogP contribution in [-0.4, -0.2) is 85.7 Å². The first kappa shape index (κ1) is 23.2. The molecule has 6 rings (SSSR count). The van der Waals surface area contributed by atoms with E-state index in [1.54, 1.807) is 12.5 Å². The Kier molecular flexibility index (Phi) is 6.05. The number of carbonyl (C=O) groups is 2. The van der Waals surface area contributed by atoms with Gasteiger partial charge in [0.2, 0.25) is 5.91 Å². The monoisotopic (exact) mass is 500 g/mol. The predicted molar refractivity (Wildman–Crippen MR) is 139 cm³/mol. The molecule has 11 heteroatoms. The molecule has 2 N–H and O–H groups in total. The van der Waals surface area contributed by atoms with Gasteiger partial charge in [-0.25, -0.2) is 14.6 Å². The van der Waals surface area contributed by atoms with Crippen molar-refractivity contribution in [3.63, 3.8) is 0 Å².